The molecule has 0 saturated carbocycles. The summed E-state index contributed by atoms with van der Waals surface area (Å²) >= 11 is 5.04. The van der Waals surface area contributed by atoms with E-state index < -0.39 is 0 Å². The maximum absolute atomic E-state index is 10.1. The molecule has 1 aromatic heterocycles. The Balaban J connectivity index is 1.88. The summed E-state index contributed by atoms with van der Waals surface area (Å²) in [5.74, 6) is 0. The Morgan fingerprint density at radius 2 is 2.31 bits per heavy atom. The number of β-amino-alcohol motifs (C(OH)–C–C–N with tert-alkyl or cyclic N) is 1. The van der Waals surface area contributed by atoms with Crippen LogP contribution in [0.25, 0.3) is 0 Å². The van der Waals surface area contributed by atoms with E-state index in [9.17, 15) is 5.11 Å². The first-order valence-corrected chi connectivity index (χ1v) is 7.23. The Labute approximate surface area is 109 Å². The first kappa shape index (κ1) is 12.5. The number of nitrogens with one attached hydrogen (secondary N) is 1. The van der Waals surface area contributed by atoms with E-state index in [1.54, 1.807) is 11.3 Å². The van der Waals surface area contributed by atoms with Crippen LogP contribution >= 0.6 is 27.3 Å². The number of rotatable bonds is 3. The molecule has 2 rings (SSSR count). The zero-order valence-electron chi connectivity index (χ0n) is 9.16. The van der Waals surface area contributed by atoms with Crippen molar-refractivity contribution in [1.82, 2.24) is 10.2 Å². The molecule has 2 heterocycles. The molecule has 16 heavy (non-hydrogen) atoms. The lowest BCUT2D eigenvalue weighted by molar-refractivity contribution is 0.119. The lowest BCUT2D eigenvalue weighted by atomic mass is 10.2. The molecule has 1 aliphatic heterocycles. The molecule has 2 N–H and O–H groups in total. The summed E-state index contributed by atoms with van der Waals surface area (Å²) in [4.78, 5) is 3.38. The van der Waals surface area contributed by atoms with Gasteiger partial charge in [0.2, 0.25) is 0 Å². The number of hydrogen-bond acceptors (Lipinski definition) is 4. The fraction of sp³-hybridized carbons (Fsp3) is 0.636. The highest BCUT2D eigenvalue weighted by molar-refractivity contribution is 9.11. The normalized spacial score (nSPS) is 20.6. The van der Waals surface area contributed by atoms with Crippen molar-refractivity contribution in [2.45, 2.75) is 12.5 Å². The number of aliphatic hydroxyl groups excluding tert-OH is 1. The van der Waals surface area contributed by atoms with Crippen LogP contribution in [0, 0.1) is 0 Å². The number of thiophene rings is 1. The second-order valence-electron chi connectivity index (χ2n) is 4.06. The molecule has 1 unspecified atom stereocenters. The minimum Gasteiger partial charge on any atom is -0.386 e. The van der Waals surface area contributed by atoms with E-state index in [2.05, 4.69) is 26.1 Å². The number of hydrogen-bond donors (Lipinski definition) is 2. The van der Waals surface area contributed by atoms with Crippen LogP contribution in [-0.4, -0.2) is 42.7 Å². The van der Waals surface area contributed by atoms with E-state index in [0.29, 0.717) is 0 Å². The summed E-state index contributed by atoms with van der Waals surface area (Å²) in [6, 6.07) is 3.99. The van der Waals surface area contributed by atoms with Crippen LogP contribution in [0.2, 0.25) is 0 Å². The lowest BCUT2D eigenvalue weighted by Crippen LogP contribution is -2.31. The fourth-order valence-corrected chi connectivity index (χ4v) is 3.33. The summed E-state index contributed by atoms with van der Waals surface area (Å²) in [6.07, 6.45) is 0.815. The molecule has 5 heteroatoms. The van der Waals surface area contributed by atoms with E-state index >= 15 is 0 Å². The minimum atomic E-state index is -0.352. The lowest BCUT2D eigenvalue weighted by Gasteiger charge is -2.22. The van der Waals surface area contributed by atoms with Crippen LogP contribution in [0.1, 0.15) is 17.4 Å². The predicted molar refractivity (Wildman–Crippen MR) is 70.9 cm³/mol. The number of aliphatic hydroxyl groups is 1. The van der Waals surface area contributed by atoms with Gasteiger partial charge in [-0.1, -0.05) is 0 Å². The van der Waals surface area contributed by atoms with E-state index in [0.717, 1.165) is 41.4 Å². The monoisotopic (exact) mass is 304 g/mol. The SMILES string of the molecule is OC(CN1CCCNCC1)c1ccc(Br)s1. The smallest absolute Gasteiger partial charge is 0.101 e. The standard InChI is InChI=1S/C11H17BrN2OS/c12-11-3-2-10(16-11)9(15)8-14-6-1-4-13-5-7-14/h2-3,9,13,15H,1,4-8H2. The van der Waals surface area contributed by atoms with Gasteiger partial charge in [0.15, 0.2) is 0 Å². The summed E-state index contributed by atoms with van der Waals surface area (Å²) in [7, 11) is 0. The first-order valence-electron chi connectivity index (χ1n) is 5.62. The van der Waals surface area contributed by atoms with Gasteiger partial charge in [-0.3, -0.25) is 4.90 Å². The molecule has 1 fully saturated rings. The van der Waals surface area contributed by atoms with Gasteiger partial charge in [-0.25, -0.2) is 0 Å². The van der Waals surface area contributed by atoms with Crippen LogP contribution in [-0.2, 0) is 0 Å². The van der Waals surface area contributed by atoms with Gasteiger partial charge in [0.1, 0.15) is 6.10 Å². The molecule has 0 aliphatic carbocycles. The van der Waals surface area contributed by atoms with Crippen LogP contribution in [0.15, 0.2) is 15.9 Å². The van der Waals surface area contributed by atoms with Crippen molar-refractivity contribution in [1.29, 1.82) is 0 Å². The van der Waals surface area contributed by atoms with Crippen molar-refractivity contribution in [3.05, 3.63) is 20.8 Å². The third-order valence-electron chi connectivity index (χ3n) is 2.79. The highest BCUT2D eigenvalue weighted by Crippen LogP contribution is 2.27. The van der Waals surface area contributed by atoms with E-state index in [1.165, 1.54) is 6.42 Å². The largest absolute Gasteiger partial charge is 0.386 e. The Hall–Kier alpha value is 0.0600. The van der Waals surface area contributed by atoms with Crippen LogP contribution in [0.4, 0.5) is 0 Å². The second kappa shape index (κ2) is 6.12. The Bertz CT molecular complexity index is 324. The molecule has 1 saturated heterocycles. The number of halogens is 1. The molecule has 1 aliphatic rings. The first-order chi connectivity index (χ1) is 7.75. The van der Waals surface area contributed by atoms with E-state index in [1.807, 2.05) is 12.1 Å². The summed E-state index contributed by atoms with van der Waals surface area (Å²) in [5.41, 5.74) is 0. The van der Waals surface area contributed by atoms with Crippen molar-refractivity contribution in [2.24, 2.45) is 0 Å². The van der Waals surface area contributed by atoms with Crippen molar-refractivity contribution >= 4 is 27.3 Å². The van der Waals surface area contributed by atoms with Crippen molar-refractivity contribution < 1.29 is 5.11 Å². The molecule has 90 valence electrons. The quantitative estimate of drug-likeness (QED) is 0.894. The molecule has 0 spiro atoms. The summed E-state index contributed by atoms with van der Waals surface area (Å²) < 4.78 is 1.08. The average molecular weight is 305 g/mol. The van der Waals surface area contributed by atoms with Gasteiger partial charge in [0.25, 0.3) is 0 Å². The number of nitrogens with zero attached hydrogens (tertiary/aromatic N) is 1. The van der Waals surface area contributed by atoms with Gasteiger partial charge < -0.3 is 10.4 Å². The Morgan fingerprint density at radius 1 is 1.44 bits per heavy atom. The maximum atomic E-state index is 10.1. The van der Waals surface area contributed by atoms with Crippen molar-refractivity contribution in [3.8, 4) is 0 Å². The Morgan fingerprint density at radius 3 is 3.06 bits per heavy atom. The third kappa shape index (κ3) is 3.53. The zero-order valence-corrected chi connectivity index (χ0v) is 11.6. The van der Waals surface area contributed by atoms with Gasteiger partial charge >= 0.3 is 0 Å². The molecule has 0 radical (unpaired) electrons. The van der Waals surface area contributed by atoms with Gasteiger partial charge in [0, 0.05) is 24.5 Å². The second-order valence-corrected chi connectivity index (χ2v) is 6.56. The van der Waals surface area contributed by atoms with Crippen molar-refractivity contribution in [2.75, 3.05) is 32.7 Å². The van der Waals surface area contributed by atoms with E-state index in [4.69, 9.17) is 0 Å². The molecule has 0 aromatic carbocycles. The van der Waals surface area contributed by atoms with Gasteiger partial charge in [-0.15, -0.1) is 11.3 Å². The highest BCUT2D eigenvalue weighted by Gasteiger charge is 2.16. The maximum Gasteiger partial charge on any atom is 0.101 e. The van der Waals surface area contributed by atoms with Crippen molar-refractivity contribution in [3.63, 3.8) is 0 Å². The van der Waals surface area contributed by atoms with E-state index in [-0.39, 0.29) is 6.10 Å². The van der Waals surface area contributed by atoms with Crippen LogP contribution < -0.4 is 5.32 Å². The van der Waals surface area contributed by atoms with Gasteiger partial charge in [-0.2, -0.15) is 0 Å². The molecular formula is C11H17BrN2OS. The molecular weight excluding hydrogens is 288 g/mol. The molecule has 3 nitrogen and oxygen atoms in total. The minimum absolute atomic E-state index is 0.352. The topological polar surface area (TPSA) is 35.5 Å². The third-order valence-corrected chi connectivity index (χ3v) is 4.51. The predicted octanol–water partition coefficient (Wildman–Crippen LogP) is 1.84. The molecule has 0 bridgehead atoms. The van der Waals surface area contributed by atoms with Crippen LogP contribution in [0.5, 0.6) is 0 Å². The molecule has 1 atom stereocenters. The summed E-state index contributed by atoms with van der Waals surface area (Å²) in [6.45, 7) is 4.98. The van der Waals surface area contributed by atoms with Gasteiger partial charge in [0.05, 0.1) is 3.79 Å². The molecule has 0 amide bonds. The fourth-order valence-electron chi connectivity index (χ4n) is 1.93. The average Bonchev–Trinajstić information content (AvgIpc) is 2.54. The van der Waals surface area contributed by atoms with Gasteiger partial charge in [-0.05, 0) is 47.6 Å². The zero-order chi connectivity index (χ0) is 11.4. The van der Waals surface area contributed by atoms with Crippen LogP contribution in [0.3, 0.4) is 0 Å². The molecule has 1 aromatic rings. The Kier molecular flexibility index (Phi) is 4.79. The highest BCUT2D eigenvalue weighted by atomic mass is 79.9. The summed E-state index contributed by atoms with van der Waals surface area (Å²) in [5, 5.41) is 13.5.